The second-order valence-electron chi connectivity index (χ2n) is 5.55. The van der Waals surface area contributed by atoms with Crippen molar-refractivity contribution in [3.63, 3.8) is 0 Å². The van der Waals surface area contributed by atoms with Crippen LogP contribution >= 0.6 is 22.9 Å². The number of fused-ring (bicyclic) bond motifs is 1. The molecule has 6 heteroatoms. The molecular weight excluding hydrogens is 354 g/mol. The summed E-state index contributed by atoms with van der Waals surface area (Å²) in [4.78, 5) is 17.3. The van der Waals surface area contributed by atoms with Crippen molar-refractivity contribution in [2.45, 2.75) is 0 Å². The highest BCUT2D eigenvalue weighted by Gasteiger charge is 2.10. The fraction of sp³-hybridized carbons (Fsp3) is 0.0526. The fourth-order valence-electron chi connectivity index (χ4n) is 2.78. The first-order valence-electron chi connectivity index (χ1n) is 7.71. The minimum absolute atomic E-state index is 0.118. The van der Waals surface area contributed by atoms with Gasteiger partial charge in [-0.2, -0.15) is 0 Å². The van der Waals surface area contributed by atoms with E-state index in [0.717, 1.165) is 31.5 Å². The monoisotopic (exact) mass is 367 g/mol. The van der Waals surface area contributed by atoms with Crippen molar-refractivity contribution < 1.29 is 4.79 Å². The zero-order valence-electron chi connectivity index (χ0n) is 13.4. The summed E-state index contributed by atoms with van der Waals surface area (Å²) in [7, 11) is 1.62. The molecule has 4 aromatic rings. The summed E-state index contributed by atoms with van der Waals surface area (Å²) in [6, 6.07) is 17.7. The van der Waals surface area contributed by atoms with Crippen LogP contribution in [-0.4, -0.2) is 22.5 Å². The molecule has 0 fully saturated rings. The molecule has 124 valence electrons. The first-order valence-corrected chi connectivity index (χ1v) is 8.90. The minimum atomic E-state index is -0.118. The molecule has 4 rings (SSSR count). The van der Waals surface area contributed by atoms with Gasteiger partial charge in [0.05, 0.1) is 15.4 Å². The molecule has 0 radical (unpaired) electrons. The Morgan fingerprint density at radius 3 is 2.80 bits per heavy atom. The van der Waals surface area contributed by atoms with Crippen molar-refractivity contribution >= 4 is 39.9 Å². The van der Waals surface area contributed by atoms with E-state index in [1.807, 2.05) is 41.0 Å². The van der Waals surface area contributed by atoms with Crippen molar-refractivity contribution in [3.8, 4) is 16.1 Å². The number of imidazole rings is 1. The lowest BCUT2D eigenvalue weighted by atomic mass is 10.1. The van der Waals surface area contributed by atoms with Gasteiger partial charge in [0.2, 0.25) is 0 Å². The molecule has 1 amide bonds. The van der Waals surface area contributed by atoms with Crippen LogP contribution in [0.3, 0.4) is 0 Å². The summed E-state index contributed by atoms with van der Waals surface area (Å²) in [5, 5.41) is 2.63. The maximum atomic E-state index is 11.8. The van der Waals surface area contributed by atoms with Gasteiger partial charge < -0.3 is 5.32 Å². The number of carbonyl (C=O) groups is 1. The van der Waals surface area contributed by atoms with Gasteiger partial charge in [0.1, 0.15) is 6.33 Å². The molecule has 0 aliphatic rings. The summed E-state index contributed by atoms with van der Waals surface area (Å²) in [5.74, 6) is -0.118. The summed E-state index contributed by atoms with van der Waals surface area (Å²) in [6.45, 7) is 0. The average molecular weight is 368 g/mol. The van der Waals surface area contributed by atoms with Crippen molar-refractivity contribution in [1.29, 1.82) is 0 Å². The van der Waals surface area contributed by atoms with E-state index in [4.69, 9.17) is 11.6 Å². The molecule has 0 atom stereocenters. The van der Waals surface area contributed by atoms with E-state index in [2.05, 4.69) is 22.4 Å². The van der Waals surface area contributed by atoms with Gasteiger partial charge in [-0.15, -0.1) is 11.3 Å². The van der Waals surface area contributed by atoms with Crippen LogP contribution in [0, 0.1) is 0 Å². The lowest BCUT2D eigenvalue weighted by Crippen LogP contribution is -2.17. The molecular formula is C19H14ClN3OS. The van der Waals surface area contributed by atoms with E-state index in [9.17, 15) is 4.79 Å². The third-order valence-corrected chi connectivity index (χ3v) is 5.30. The van der Waals surface area contributed by atoms with Crippen LogP contribution in [-0.2, 0) is 0 Å². The van der Waals surface area contributed by atoms with Crippen LogP contribution in [0.2, 0.25) is 4.34 Å². The molecule has 0 saturated carbocycles. The zero-order valence-corrected chi connectivity index (χ0v) is 14.9. The highest BCUT2D eigenvalue weighted by atomic mass is 35.5. The largest absolute Gasteiger partial charge is 0.355 e. The highest BCUT2D eigenvalue weighted by molar-refractivity contribution is 7.19. The van der Waals surface area contributed by atoms with Crippen LogP contribution in [0.15, 0.2) is 60.9 Å². The van der Waals surface area contributed by atoms with E-state index in [0.29, 0.717) is 5.56 Å². The lowest BCUT2D eigenvalue weighted by Gasteiger charge is -2.07. The molecule has 0 aliphatic heterocycles. The summed E-state index contributed by atoms with van der Waals surface area (Å²) < 4.78 is 2.79. The van der Waals surface area contributed by atoms with E-state index in [1.54, 1.807) is 30.8 Å². The molecule has 2 aromatic carbocycles. The minimum Gasteiger partial charge on any atom is -0.355 e. The van der Waals surface area contributed by atoms with Crippen molar-refractivity contribution in [2.75, 3.05) is 7.05 Å². The van der Waals surface area contributed by atoms with Crippen LogP contribution in [0.1, 0.15) is 10.4 Å². The van der Waals surface area contributed by atoms with Gasteiger partial charge >= 0.3 is 0 Å². The van der Waals surface area contributed by atoms with Gasteiger partial charge in [-0.1, -0.05) is 23.7 Å². The zero-order chi connectivity index (χ0) is 17.4. The van der Waals surface area contributed by atoms with Crippen LogP contribution in [0.4, 0.5) is 0 Å². The Morgan fingerprint density at radius 2 is 2.04 bits per heavy atom. The number of carbonyl (C=O) groups excluding carboxylic acids is 1. The maximum Gasteiger partial charge on any atom is 0.251 e. The highest BCUT2D eigenvalue weighted by Crippen LogP contribution is 2.32. The number of aromatic nitrogens is 2. The number of thiophene rings is 1. The number of nitrogens with one attached hydrogen (secondary N) is 1. The van der Waals surface area contributed by atoms with Crippen molar-refractivity contribution in [1.82, 2.24) is 14.9 Å². The number of hydrogen-bond donors (Lipinski definition) is 1. The molecule has 0 spiro atoms. The average Bonchev–Trinajstić information content (AvgIpc) is 3.26. The van der Waals surface area contributed by atoms with E-state index in [-0.39, 0.29) is 5.91 Å². The second kappa shape index (κ2) is 6.35. The molecule has 0 saturated heterocycles. The van der Waals surface area contributed by atoms with Crippen LogP contribution in [0.5, 0.6) is 0 Å². The Morgan fingerprint density at radius 1 is 1.16 bits per heavy atom. The molecule has 4 nitrogen and oxygen atoms in total. The topological polar surface area (TPSA) is 46.9 Å². The Labute approximate surface area is 153 Å². The third-order valence-electron chi connectivity index (χ3n) is 4.02. The second-order valence-corrected chi connectivity index (χ2v) is 7.27. The summed E-state index contributed by atoms with van der Waals surface area (Å²) in [6.07, 6.45) is 1.78. The number of hydrogen-bond acceptors (Lipinski definition) is 3. The third kappa shape index (κ3) is 2.92. The van der Waals surface area contributed by atoms with Gasteiger partial charge in [-0.05, 0) is 48.0 Å². The van der Waals surface area contributed by atoms with E-state index >= 15 is 0 Å². The maximum absolute atomic E-state index is 11.8. The standard InChI is InChI=1S/C19H14ClN3OS/c1-21-19(24)13-5-6-16-15(10-13)22-11-23(16)14-4-2-3-12(9-14)17-7-8-18(20)25-17/h2-11H,1H3,(H,21,24). The Bertz CT molecular complexity index is 1080. The van der Waals surface area contributed by atoms with Gasteiger partial charge in [0, 0.05) is 23.2 Å². The SMILES string of the molecule is CNC(=O)c1ccc2c(c1)ncn2-c1cccc(-c2ccc(Cl)s2)c1. The van der Waals surface area contributed by atoms with E-state index in [1.165, 1.54) is 0 Å². The molecule has 0 aliphatic carbocycles. The Kier molecular flexibility index (Phi) is 4.03. The van der Waals surface area contributed by atoms with E-state index < -0.39 is 0 Å². The molecule has 25 heavy (non-hydrogen) atoms. The van der Waals surface area contributed by atoms with Gasteiger partial charge in [-0.25, -0.2) is 4.98 Å². The quantitative estimate of drug-likeness (QED) is 0.567. The lowest BCUT2D eigenvalue weighted by molar-refractivity contribution is 0.0963. The fourth-order valence-corrected chi connectivity index (χ4v) is 3.82. The number of halogens is 1. The normalized spacial score (nSPS) is 11.0. The summed E-state index contributed by atoms with van der Waals surface area (Å²) in [5.41, 5.74) is 4.46. The van der Waals surface area contributed by atoms with Gasteiger partial charge in [0.25, 0.3) is 5.91 Å². The molecule has 0 bridgehead atoms. The number of amides is 1. The first kappa shape index (κ1) is 15.9. The Balaban J connectivity index is 1.78. The number of benzene rings is 2. The predicted molar refractivity (Wildman–Crippen MR) is 103 cm³/mol. The summed E-state index contributed by atoms with van der Waals surface area (Å²) >= 11 is 7.60. The molecule has 0 unspecified atom stereocenters. The van der Waals surface area contributed by atoms with Gasteiger partial charge in [-0.3, -0.25) is 9.36 Å². The molecule has 1 N–H and O–H groups in total. The first-order chi connectivity index (χ1) is 12.2. The van der Waals surface area contributed by atoms with Crippen molar-refractivity contribution in [3.05, 3.63) is 70.8 Å². The van der Waals surface area contributed by atoms with Gasteiger partial charge in [0.15, 0.2) is 0 Å². The smallest absolute Gasteiger partial charge is 0.251 e. The number of nitrogens with zero attached hydrogens (tertiary/aromatic N) is 2. The Hall–Kier alpha value is -2.63. The molecule has 2 heterocycles. The van der Waals surface area contributed by atoms with Crippen LogP contribution in [0.25, 0.3) is 27.2 Å². The number of rotatable bonds is 3. The predicted octanol–water partition coefficient (Wildman–Crippen LogP) is 4.77. The van der Waals surface area contributed by atoms with Crippen molar-refractivity contribution in [2.24, 2.45) is 0 Å². The molecule has 2 aromatic heterocycles. The van der Waals surface area contributed by atoms with Crippen LogP contribution < -0.4 is 5.32 Å².